The molecule has 1 aliphatic rings. The van der Waals surface area contributed by atoms with Crippen LogP contribution in [0, 0.1) is 5.82 Å². The summed E-state index contributed by atoms with van der Waals surface area (Å²) >= 11 is 0. The average Bonchev–Trinajstić information content (AvgIpc) is 2.78. The van der Waals surface area contributed by atoms with Crippen molar-refractivity contribution in [3.05, 3.63) is 35.1 Å². The molecule has 0 unspecified atom stereocenters. The Hall–Kier alpha value is -1.63. The van der Waals surface area contributed by atoms with Crippen LogP contribution in [0.15, 0.2) is 18.2 Å². The summed E-state index contributed by atoms with van der Waals surface area (Å²) < 4.78 is 51.0. The van der Waals surface area contributed by atoms with Gasteiger partial charge in [0.2, 0.25) is 0 Å². The molecular formula is C13H13F4NO2. The molecule has 7 heteroatoms. The summed E-state index contributed by atoms with van der Waals surface area (Å²) in [6.07, 6.45) is -3.59. The van der Waals surface area contributed by atoms with Gasteiger partial charge in [0.05, 0.1) is 5.56 Å². The fraction of sp³-hybridized carbons (Fsp3) is 0.462. The van der Waals surface area contributed by atoms with Crippen LogP contribution in [0.4, 0.5) is 17.6 Å². The molecule has 0 saturated carbocycles. The molecule has 1 aromatic carbocycles. The van der Waals surface area contributed by atoms with Crippen molar-refractivity contribution in [1.29, 1.82) is 0 Å². The molecule has 1 heterocycles. The predicted molar refractivity (Wildman–Crippen MR) is 62.5 cm³/mol. The van der Waals surface area contributed by atoms with Gasteiger partial charge in [0.1, 0.15) is 11.9 Å². The van der Waals surface area contributed by atoms with E-state index in [-0.39, 0.29) is 12.1 Å². The maximum atomic E-state index is 13.2. The minimum Gasteiger partial charge on any atom is -0.480 e. The van der Waals surface area contributed by atoms with Crippen molar-refractivity contribution in [2.24, 2.45) is 0 Å². The van der Waals surface area contributed by atoms with Gasteiger partial charge < -0.3 is 5.11 Å². The monoisotopic (exact) mass is 291 g/mol. The molecule has 1 aliphatic heterocycles. The summed E-state index contributed by atoms with van der Waals surface area (Å²) in [6.45, 7) is 0.579. The van der Waals surface area contributed by atoms with Gasteiger partial charge in [-0.3, -0.25) is 9.69 Å². The summed E-state index contributed by atoms with van der Waals surface area (Å²) in [5, 5.41) is 9.01. The van der Waals surface area contributed by atoms with Crippen LogP contribution < -0.4 is 0 Å². The quantitative estimate of drug-likeness (QED) is 0.871. The number of rotatable bonds is 3. The first-order chi connectivity index (χ1) is 9.29. The SMILES string of the molecule is O=C(O)[C@@H]1CCCN1Cc1ccc(F)c(C(F)(F)F)c1. The number of halogens is 4. The van der Waals surface area contributed by atoms with Gasteiger partial charge in [0.25, 0.3) is 0 Å². The van der Waals surface area contributed by atoms with Crippen LogP contribution in [-0.4, -0.2) is 28.6 Å². The number of hydrogen-bond donors (Lipinski definition) is 1. The third-order valence-electron chi connectivity index (χ3n) is 3.37. The van der Waals surface area contributed by atoms with E-state index in [0.29, 0.717) is 19.4 Å². The van der Waals surface area contributed by atoms with E-state index in [9.17, 15) is 22.4 Å². The van der Waals surface area contributed by atoms with E-state index in [2.05, 4.69) is 0 Å². The van der Waals surface area contributed by atoms with Crippen molar-refractivity contribution in [3.8, 4) is 0 Å². The van der Waals surface area contributed by atoms with Gasteiger partial charge in [-0.1, -0.05) is 6.07 Å². The Labute approximate surface area is 112 Å². The molecule has 2 rings (SSSR count). The molecule has 1 N–H and O–H groups in total. The maximum Gasteiger partial charge on any atom is 0.419 e. The molecule has 110 valence electrons. The molecule has 0 aromatic heterocycles. The smallest absolute Gasteiger partial charge is 0.419 e. The zero-order valence-electron chi connectivity index (χ0n) is 10.5. The Morgan fingerprint density at radius 1 is 1.40 bits per heavy atom. The number of likely N-dealkylation sites (tertiary alicyclic amines) is 1. The van der Waals surface area contributed by atoms with Crippen molar-refractivity contribution >= 4 is 5.97 Å². The Bertz CT molecular complexity index is 516. The standard InChI is InChI=1S/C13H13F4NO2/c14-10-4-3-8(6-9(10)13(15,16)17)7-18-5-1-2-11(18)12(19)20/h3-4,6,11H,1-2,5,7H2,(H,19,20)/t11-/m0/s1. The number of alkyl halides is 3. The number of nitrogens with zero attached hydrogens (tertiary/aromatic N) is 1. The molecule has 1 aromatic rings. The maximum absolute atomic E-state index is 13.2. The van der Waals surface area contributed by atoms with Crippen molar-refractivity contribution in [2.75, 3.05) is 6.54 Å². The number of carboxylic acid groups (broad SMARTS) is 1. The van der Waals surface area contributed by atoms with Gasteiger partial charge in [0.15, 0.2) is 0 Å². The van der Waals surface area contributed by atoms with E-state index >= 15 is 0 Å². The Balaban J connectivity index is 2.20. The van der Waals surface area contributed by atoms with Crippen LogP contribution in [0.25, 0.3) is 0 Å². The Morgan fingerprint density at radius 2 is 2.10 bits per heavy atom. The molecule has 1 fully saturated rings. The Kier molecular flexibility index (Phi) is 3.99. The van der Waals surface area contributed by atoms with E-state index < -0.39 is 29.6 Å². The first kappa shape index (κ1) is 14.8. The molecule has 1 atom stereocenters. The fourth-order valence-electron chi connectivity index (χ4n) is 2.42. The van der Waals surface area contributed by atoms with Crippen molar-refractivity contribution < 1.29 is 27.5 Å². The average molecular weight is 291 g/mol. The van der Waals surface area contributed by atoms with Crippen molar-refractivity contribution in [3.63, 3.8) is 0 Å². The van der Waals surface area contributed by atoms with E-state index in [4.69, 9.17) is 5.11 Å². The lowest BCUT2D eigenvalue weighted by Gasteiger charge is -2.21. The highest BCUT2D eigenvalue weighted by Crippen LogP contribution is 2.32. The molecule has 0 spiro atoms. The highest BCUT2D eigenvalue weighted by atomic mass is 19.4. The molecule has 0 amide bonds. The summed E-state index contributed by atoms with van der Waals surface area (Å²) in [5.41, 5.74) is -1.06. The van der Waals surface area contributed by atoms with Crippen molar-refractivity contribution in [1.82, 2.24) is 4.90 Å². The summed E-state index contributed by atoms with van der Waals surface area (Å²) in [4.78, 5) is 12.6. The van der Waals surface area contributed by atoms with E-state index in [1.54, 1.807) is 4.90 Å². The van der Waals surface area contributed by atoms with E-state index in [1.165, 1.54) is 6.07 Å². The van der Waals surface area contributed by atoms with E-state index in [1.807, 2.05) is 0 Å². The number of carbonyl (C=O) groups is 1. The number of carboxylic acids is 1. The minimum atomic E-state index is -4.75. The lowest BCUT2D eigenvalue weighted by molar-refractivity contribution is -0.143. The zero-order chi connectivity index (χ0) is 14.9. The predicted octanol–water partition coefficient (Wildman–Crippen LogP) is 2.89. The fourth-order valence-corrected chi connectivity index (χ4v) is 2.42. The van der Waals surface area contributed by atoms with Crippen LogP contribution in [0.2, 0.25) is 0 Å². The third-order valence-corrected chi connectivity index (χ3v) is 3.37. The first-order valence-electron chi connectivity index (χ1n) is 6.11. The molecule has 0 bridgehead atoms. The van der Waals surface area contributed by atoms with Crippen LogP contribution in [0.1, 0.15) is 24.0 Å². The molecule has 1 saturated heterocycles. The van der Waals surface area contributed by atoms with E-state index in [0.717, 1.165) is 12.1 Å². The molecule has 0 radical (unpaired) electrons. The molecule has 3 nitrogen and oxygen atoms in total. The molecule has 0 aliphatic carbocycles. The lowest BCUT2D eigenvalue weighted by atomic mass is 10.1. The third kappa shape index (κ3) is 3.09. The van der Waals surface area contributed by atoms with Crippen LogP contribution >= 0.6 is 0 Å². The summed E-state index contributed by atoms with van der Waals surface area (Å²) in [6, 6.07) is 2.08. The number of aliphatic carboxylic acids is 1. The number of hydrogen-bond acceptors (Lipinski definition) is 2. The topological polar surface area (TPSA) is 40.5 Å². The van der Waals surface area contributed by atoms with Crippen LogP contribution in [-0.2, 0) is 17.5 Å². The normalized spacial score (nSPS) is 20.3. The van der Waals surface area contributed by atoms with Gasteiger partial charge in [-0.2, -0.15) is 13.2 Å². The van der Waals surface area contributed by atoms with Crippen LogP contribution in [0.5, 0.6) is 0 Å². The second kappa shape index (κ2) is 5.40. The van der Waals surface area contributed by atoms with Crippen molar-refractivity contribution in [2.45, 2.75) is 31.6 Å². The first-order valence-corrected chi connectivity index (χ1v) is 6.11. The zero-order valence-corrected chi connectivity index (χ0v) is 10.5. The summed E-state index contributed by atoms with van der Waals surface area (Å²) in [7, 11) is 0. The lowest BCUT2D eigenvalue weighted by Crippen LogP contribution is -2.35. The minimum absolute atomic E-state index is 0.0698. The van der Waals surface area contributed by atoms with Gasteiger partial charge in [0, 0.05) is 6.54 Å². The molecular weight excluding hydrogens is 278 g/mol. The highest BCUT2D eigenvalue weighted by Gasteiger charge is 2.35. The second-order valence-corrected chi connectivity index (χ2v) is 4.78. The highest BCUT2D eigenvalue weighted by molar-refractivity contribution is 5.73. The van der Waals surface area contributed by atoms with Gasteiger partial charge in [-0.25, -0.2) is 4.39 Å². The van der Waals surface area contributed by atoms with Gasteiger partial charge in [-0.15, -0.1) is 0 Å². The number of benzene rings is 1. The van der Waals surface area contributed by atoms with Gasteiger partial charge >= 0.3 is 12.1 Å². The Morgan fingerprint density at radius 3 is 2.70 bits per heavy atom. The van der Waals surface area contributed by atoms with Gasteiger partial charge in [-0.05, 0) is 37.1 Å². The second-order valence-electron chi connectivity index (χ2n) is 4.78. The molecule has 20 heavy (non-hydrogen) atoms. The summed E-state index contributed by atoms with van der Waals surface area (Å²) in [5.74, 6) is -2.31. The van der Waals surface area contributed by atoms with Crippen LogP contribution in [0.3, 0.4) is 0 Å². The largest absolute Gasteiger partial charge is 0.480 e.